The van der Waals surface area contributed by atoms with E-state index in [1.807, 2.05) is 0 Å². The molecule has 12 nitrogen and oxygen atoms in total. The van der Waals surface area contributed by atoms with Gasteiger partial charge in [-0.3, -0.25) is 13.8 Å². The first kappa shape index (κ1) is 61.8. The summed E-state index contributed by atoms with van der Waals surface area (Å²) in [6.45, 7) is 4.11. The van der Waals surface area contributed by atoms with Gasteiger partial charge >= 0.3 is 13.8 Å². The largest absolute Gasteiger partial charge is 0.472 e. The Bertz CT molecular complexity index is 1360. The first-order valence-electron chi connectivity index (χ1n) is 25.8. The van der Waals surface area contributed by atoms with Crippen LogP contribution in [0.5, 0.6) is 0 Å². The van der Waals surface area contributed by atoms with Crippen LogP contribution in [0.3, 0.4) is 0 Å². The van der Waals surface area contributed by atoms with E-state index < -0.39 is 63.1 Å². The van der Waals surface area contributed by atoms with Gasteiger partial charge in [0.1, 0.15) is 42.7 Å². The number of unbranched alkanes of at least 4 members (excludes halogenated alkanes) is 19. The van der Waals surface area contributed by atoms with Crippen molar-refractivity contribution in [2.75, 3.05) is 19.8 Å². The van der Waals surface area contributed by atoms with Crippen molar-refractivity contribution < 1.29 is 58.3 Å². The minimum atomic E-state index is -5.03. The Labute approximate surface area is 400 Å². The minimum Gasteiger partial charge on any atom is -0.457 e. The summed E-state index contributed by atoms with van der Waals surface area (Å²) in [4.78, 5) is 23.2. The van der Waals surface area contributed by atoms with Crippen LogP contribution >= 0.6 is 7.82 Å². The van der Waals surface area contributed by atoms with Gasteiger partial charge in [-0.05, 0) is 83.5 Å². The molecule has 6 atom stereocenters. The van der Waals surface area contributed by atoms with E-state index in [1.165, 1.54) is 70.6 Å². The molecule has 0 saturated heterocycles. The number of carbonyl (C=O) groups excluding carboxylic acids is 1. The van der Waals surface area contributed by atoms with Crippen molar-refractivity contribution in [3.63, 3.8) is 0 Å². The topological polar surface area (TPSA) is 192 Å². The van der Waals surface area contributed by atoms with Crippen LogP contribution in [0.1, 0.15) is 194 Å². The van der Waals surface area contributed by atoms with Crippen LogP contribution in [-0.4, -0.2) is 98.9 Å². The number of carbonyl (C=O) groups is 1. The zero-order valence-corrected chi connectivity index (χ0v) is 41.9. The van der Waals surface area contributed by atoms with Crippen LogP contribution < -0.4 is 0 Å². The van der Waals surface area contributed by atoms with Gasteiger partial charge < -0.3 is 39.9 Å². The van der Waals surface area contributed by atoms with Gasteiger partial charge in [-0.25, -0.2) is 4.57 Å². The highest BCUT2D eigenvalue weighted by Gasteiger charge is 2.51. The second kappa shape index (κ2) is 42.8. The summed E-state index contributed by atoms with van der Waals surface area (Å²) in [5, 5.41) is 50.3. The lowest BCUT2D eigenvalue weighted by atomic mass is 9.85. The van der Waals surface area contributed by atoms with Gasteiger partial charge in [-0.15, -0.1) is 0 Å². The van der Waals surface area contributed by atoms with Crippen LogP contribution in [0.4, 0.5) is 0 Å². The van der Waals surface area contributed by atoms with E-state index in [-0.39, 0.29) is 13.0 Å². The van der Waals surface area contributed by atoms with Crippen molar-refractivity contribution in [2.45, 2.75) is 236 Å². The quantitative estimate of drug-likeness (QED) is 0.0147. The zero-order chi connectivity index (χ0) is 48.4. The maximum absolute atomic E-state index is 12.9. The third-order valence-electron chi connectivity index (χ3n) is 11.6. The fourth-order valence-electron chi connectivity index (χ4n) is 7.49. The first-order chi connectivity index (χ1) is 32.0. The number of phosphoric acid groups is 1. The predicted octanol–water partition coefficient (Wildman–Crippen LogP) is 11.5. The number of hydrogen-bond donors (Lipinski definition) is 6. The van der Waals surface area contributed by atoms with E-state index in [1.54, 1.807) is 0 Å². The molecule has 6 unspecified atom stereocenters. The van der Waals surface area contributed by atoms with Crippen molar-refractivity contribution in [2.24, 2.45) is 0 Å². The van der Waals surface area contributed by atoms with Crippen molar-refractivity contribution in [3.05, 3.63) is 72.9 Å². The van der Waals surface area contributed by atoms with E-state index in [9.17, 15) is 39.8 Å². The summed E-state index contributed by atoms with van der Waals surface area (Å²) in [5.74, 6) is -0.489. The van der Waals surface area contributed by atoms with Gasteiger partial charge in [-0.1, -0.05) is 177 Å². The van der Waals surface area contributed by atoms with Gasteiger partial charge in [0.2, 0.25) is 0 Å². The molecule has 0 heterocycles. The Hall–Kier alpha value is -2.22. The lowest BCUT2D eigenvalue weighted by molar-refractivity contribution is -0.220. The summed E-state index contributed by atoms with van der Waals surface area (Å²) in [6.07, 6.45) is 43.9. The SMILES string of the molecule is CC/C=C\C/C=C\C/C=C\C/C=C\CCCCCCCCCCCOCC(COP(=O)(O)OC1C(O)C(O)C(O)C(O)C1O)OC(=O)CCCCCCCCC/C=C\C/C=C\CCCCC. The number of aliphatic hydroxyl groups is 5. The highest BCUT2D eigenvalue weighted by molar-refractivity contribution is 7.47. The zero-order valence-electron chi connectivity index (χ0n) is 41.0. The molecule has 0 bridgehead atoms. The third kappa shape index (κ3) is 34.1. The molecule has 1 fully saturated rings. The monoisotopic (exact) mass is 953 g/mol. The third-order valence-corrected chi connectivity index (χ3v) is 12.5. The molecule has 1 aliphatic carbocycles. The van der Waals surface area contributed by atoms with Crippen LogP contribution in [-0.2, 0) is 27.9 Å². The van der Waals surface area contributed by atoms with Gasteiger partial charge in [0.25, 0.3) is 0 Å². The summed E-state index contributed by atoms with van der Waals surface area (Å²) in [6, 6.07) is 0. The maximum atomic E-state index is 12.9. The molecule has 0 amide bonds. The summed E-state index contributed by atoms with van der Waals surface area (Å²) < 4.78 is 34.3. The molecule has 66 heavy (non-hydrogen) atoms. The first-order valence-corrected chi connectivity index (χ1v) is 27.3. The number of hydrogen-bond acceptors (Lipinski definition) is 11. The summed E-state index contributed by atoms with van der Waals surface area (Å²) in [7, 11) is -5.03. The Kier molecular flexibility index (Phi) is 40.1. The van der Waals surface area contributed by atoms with Crippen molar-refractivity contribution in [1.82, 2.24) is 0 Å². The van der Waals surface area contributed by atoms with Crippen LogP contribution in [0, 0.1) is 0 Å². The smallest absolute Gasteiger partial charge is 0.457 e. The second-order valence-electron chi connectivity index (χ2n) is 17.6. The average molecular weight is 953 g/mol. The average Bonchev–Trinajstić information content (AvgIpc) is 3.30. The molecule has 0 aromatic rings. The summed E-state index contributed by atoms with van der Waals surface area (Å²) >= 11 is 0. The molecule has 0 aromatic carbocycles. The molecule has 0 aromatic heterocycles. The molecule has 13 heteroatoms. The minimum absolute atomic E-state index is 0.0874. The molecule has 0 spiro atoms. The highest BCUT2D eigenvalue weighted by Crippen LogP contribution is 2.47. The molecule has 6 N–H and O–H groups in total. The number of ether oxygens (including phenoxy) is 2. The fourth-order valence-corrected chi connectivity index (χ4v) is 8.47. The van der Waals surface area contributed by atoms with Gasteiger partial charge in [0, 0.05) is 13.0 Å². The number of rotatable bonds is 43. The van der Waals surface area contributed by atoms with Crippen LogP contribution in [0.15, 0.2) is 72.9 Å². The molecule has 0 aliphatic heterocycles. The molecular weight excluding hydrogens is 860 g/mol. The Morgan fingerprint density at radius 3 is 1.36 bits per heavy atom. The number of phosphoric ester groups is 1. The normalized spacial score (nSPS) is 22.0. The van der Waals surface area contributed by atoms with E-state index >= 15 is 0 Å². The Balaban J connectivity index is 2.35. The molecular formula is C53H93O12P. The lowest BCUT2D eigenvalue weighted by Gasteiger charge is -2.41. The standard InChI is InChI=1S/C53H93O12P/c1-3-5-7-9-11-13-15-17-19-21-22-23-24-25-27-29-31-33-35-37-39-41-43-62-44-46(45-63-66(60,61)65-53-51(58)49(56)48(55)50(57)52(53)59)64-47(54)42-40-38-36-34-32-30-28-26-20-18-16-14-12-10-8-6-4-2/h5,7,11-14,17-20,22-23,46,48-53,55-59H,3-4,6,8-10,15-16,21,24-45H2,1-2H3,(H,60,61)/b7-5-,13-11-,14-12-,19-17-,20-18-,23-22-. The van der Waals surface area contributed by atoms with E-state index in [0.29, 0.717) is 13.0 Å². The van der Waals surface area contributed by atoms with E-state index in [0.717, 1.165) is 96.3 Å². The van der Waals surface area contributed by atoms with Crippen molar-refractivity contribution in [3.8, 4) is 0 Å². The van der Waals surface area contributed by atoms with E-state index in [2.05, 4.69) is 86.8 Å². The Morgan fingerprint density at radius 1 is 0.500 bits per heavy atom. The number of aliphatic hydroxyl groups excluding tert-OH is 5. The summed E-state index contributed by atoms with van der Waals surface area (Å²) in [5.41, 5.74) is 0. The predicted molar refractivity (Wildman–Crippen MR) is 267 cm³/mol. The molecule has 0 radical (unpaired) electrons. The fraction of sp³-hybridized carbons (Fsp3) is 0.755. The van der Waals surface area contributed by atoms with Crippen molar-refractivity contribution in [1.29, 1.82) is 0 Å². The van der Waals surface area contributed by atoms with Crippen LogP contribution in [0.2, 0.25) is 0 Å². The maximum Gasteiger partial charge on any atom is 0.472 e. The van der Waals surface area contributed by atoms with Gasteiger partial charge in [-0.2, -0.15) is 0 Å². The van der Waals surface area contributed by atoms with Crippen molar-refractivity contribution >= 4 is 13.8 Å². The van der Waals surface area contributed by atoms with Gasteiger partial charge in [0.15, 0.2) is 0 Å². The highest BCUT2D eigenvalue weighted by atomic mass is 31.2. The molecule has 1 rings (SSSR count). The molecule has 382 valence electrons. The van der Waals surface area contributed by atoms with E-state index in [4.69, 9.17) is 18.5 Å². The second-order valence-corrected chi connectivity index (χ2v) is 19.0. The van der Waals surface area contributed by atoms with Crippen LogP contribution in [0.25, 0.3) is 0 Å². The number of esters is 1. The molecule has 1 aliphatic rings. The lowest BCUT2D eigenvalue weighted by Crippen LogP contribution is -2.64. The Morgan fingerprint density at radius 2 is 0.894 bits per heavy atom. The van der Waals surface area contributed by atoms with Gasteiger partial charge in [0.05, 0.1) is 13.2 Å². The number of allylic oxidation sites excluding steroid dienone is 12. The molecule has 1 saturated carbocycles.